The first-order valence-corrected chi connectivity index (χ1v) is 8.58. The van der Waals surface area contributed by atoms with Crippen molar-refractivity contribution in [1.29, 1.82) is 0 Å². The minimum atomic E-state index is -3.49. The average molecular weight is 306 g/mol. The number of anilines is 1. The molecule has 0 fully saturated rings. The number of nitrogens with zero attached hydrogens (tertiary/aromatic N) is 1. The zero-order valence-electron chi connectivity index (χ0n) is 12.7. The van der Waals surface area contributed by atoms with Crippen LogP contribution in [0.25, 0.3) is 10.8 Å². The number of hydrogen-bond donors (Lipinski definition) is 1. The van der Waals surface area contributed by atoms with Crippen LogP contribution in [-0.2, 0) is 10.0 Å². The summed E-state index contributed by atoms with van der Waals surface area (Å²) in [6.45, 7) is 6.88. The predicted octanol–water partition coefficient (Wildman–Crippen LogP) is 3.09. The summed E-state index contributed by atoms with van der Waals surface area (Å²) in [5.74, 6) is 0.283. The van der Waals surface area contributed by atoms with Crippen LogP contribution in [0.2, 0.25) is 0 Å². The Labute approximate surface area is 126 Å². The number of benzene rings is 2. The van der Waals surface area contributed by atoms with Crippen molar-refractivity contribution >= 4 is 26.5 Å². The number of nitrogens with two attached hydrogens (primary N) is 1. The summed E-state index contributed by atoms with van der Waals surface area (Å²) in [5, 5.41) is 1.56. The number of hydrogen-bond acceptors (Lipinski definition) is 3. The van der Waals surface area contributed by atoms with Crippen LogP contribution in [0.5, 0.6) is 0 Å². The van der Waals surface area contributed by atoms with Crippen LogP contribution in [0.15, 0.2) is 41.3 Å². The molecule has 2 aromatic rings. The highest BCUT2D eigenvalue weighted by molar-refractivity contribution is 7.89. The van der Waals surface area contributed by atoms with Gasteiger partial charge in [0.25, 0.3) is 0 Å². The Hall–Kier alpha value is -1.59. The van der Waals surface area contributed by atoms with Crippen molar-refractivity contribution in [1.82, 2.24) is 4.31 Å². The van der Waals surface area contributed by atoms with E-state index in [1.54, 1.807) is 30.3 Å². The van der Waals surface area contributed by atoms with Crippen LogP contribution >= 0.6 is 0 Å². The van der Waals surface area contributed by atoms with Crippen LogP contribution < -0.4 is 5.73 Å². The fourth-order valence-electron chi connectivity index (χ4n) is 2.44. The zero-order valence-corrected chi connectivity index (χ0v) is 13.5. The number of sulfonamides is 1. The van der Waals surface area contributed by atoms with Gasteiger partial charge < -0.3 is 5.73 Å². The maximum atomic E-state index is 12.9. The molecule has 0 unspecified atom stereocenters. The van der Waals surface area contributed by atoms with Gasteiger partial charge in [-0.3, -0.25) is 0 Å². The van der Waals surface area contributed by atoms with E-state index in [-0.39, 0.29) is 5.92 Å². The molecule has 0 saturated heterocycles. The summed E-state index contributed by atoms with van der Waals surface area (Å²) in [4.78, 5) is 0.350. The molecule has 4 nitrogen and oxygen atoms in total. The van der Waals surface area contributed by atoms with Crippen molar-refractivity contribution in [2.75, 3.05) is 18.8 Å². The molecular formula is C16H22N2O2S. The molecule has 2 N–H and O–H groups in total. The van der Waals surface area contributed by atoms with E-state index in [0.717, 1.165) is 5.39 Å². The van der Waals surface area contributed by atoms with Gasteiger partial charge in [-0.15, -0.1) is 0 Å². The molecular weight excluding hydrogens is 284 g/mol. The van der Waals surface area contributed by atoms with Crippen LogP contribution in [0.3, 0.4) is 0 Å². The third kappa shape index (κ3) is 3.19. The van der Waals surface area contributed by atoms with E-state index in [9.17, 15) is 8.42 Å². The van der Waals surface area contributed by atoms with Crippen molar-refractivity contribution in [2.24, 2.45) is 5.92 Å². The Morgan fingerprint density at radius 2 is 1.90 bits per heavy atom. The van der Waals surface area contributed by atoms with Gasteiger partial charge in [0.1, 0.15) is 0 Å². The first-order valence-electron chi connectivity index (χ1n) is 7.14. The Balaban J connectivity index is 2.59. The summed E-state index contributed by atoms with van der Waals surface area (Å²) in [5.41, 5.74) is 6.41. The Morgan fingerprint density at radius 3 is 2.52 bits per heavy atom. The Bertz CT molecular complexity index is 739. The second-order valence-electron chi connectivity index (χ2n) is 5.59. The second kappa shape index (κ2) is 6.03. The first kappa shape index (κ1) is 15.8. The topological polar surface area (TPSA) is 63.4 Å². The Morgan fingerprint density at radius 1 is 1.19 bits per heavy atom. The lowest BCUT2D eigenvalue weighted by Crippen LogP contribution is -2.34. The lowest BCUT2D eigenvalue weighted by atomic mass is 10.1. The maximum Gasteiger partial charge on any atom is 0.243 e. The van der Waals surface area contributed by atoms with Gasteiger partial charge in [-0.2, -0.15) is 4.31 Å². The molecule has 0 atom stereocenters. The van der Waals surface area contributed by atoms with Gasteiger partial charge in [0.2, 0.25) is 10.0 Å². The van der Waals surface area contributed by atoms with Crippen LogP contribution in [0.4, 0.5) is 5.69 Å². The highest BCUT2D eigenvalue weighted by Gasteiger charge is 2.25. The largest absolute Gasteiger partial charge is 0.399 e. The normalized spacial score (nSPS) is 12.4. The van der Waals surface area contributed by atoms with Crippen molar-refractivity contribution in [3.05, 3.63) is 36.4 Å². The summed E-state index contributed by atoms with van der Waals surface area (Å²) < 4.78 is 27.3. The fraction of sp³-hybridized carbons (Fsp3) is 0.375. The predicted molar refractivity (Wildman–Crippen MR) is 87.6 cm³/mol. The molecule has 2 aromatic carbocycles. The van der Waals surface area contributed by atoms with E-state index in [0.29, 0.717) is 29.1 Å². The SMILES string of the molecule is CCN(CC(C)C)S(=O)(=O)c1cccc2cc(N)ccc12. The summed E-state index contributed by atoms with van der Waals surface area (Å²) in [6, 6.07) is 10.6. The fourth-order valence-corrected chi connectivity index (χ4v) is 4.27. The molecule has 5 heteroatoms. The minimum absolute atomic E-state index is 0.283. The highest BCUT2D eigenvalue weighted by Crippen LogP contribution is 2.27. The van der Waals surface area contributed by atoms with Gasteiger partial charge in [-0.1, -0.05) is 39.0 Å². The third-order valence-corrected chi connectivity index (χ3v) is 5.40. The number of fused-ring (bicyclic) bond motifs is 1. The monoisotopic (exact) mass is 306 g/mol. The molecule has 21 heavy (non-hydrogen) atoms. The molecule has 0 bridgehead atoms. The van der Waals surface area contributed by atoms with Crippen molar-refractivity contribution in [3.8, 4) is 0 Å². The summed E-state index contributed by atoms with van der Waals surface area (Å²) in [6.07, 6.45) is 0. The molecule has 0 spiro atoms. The molecule has 0 radical (unpaired) electrons. The maximum absolute atomic E-state index is 12.9. The van der Waals surface area contributed by atoms with Crippen LogP contribution in [0, 0.1) is 5.92 Å². The van der Waals surface area contributed by atoms with Gasteiger partial charge in [-0.05, 0) is 29.5 Å². The van der Waals surface area contributed by atoms with Crippen molar-refractivity contribution in [2.45, 2.75) is 25.7 Å². The zero-order chi connectivity index (χ0) is 15.6. The van der Waals surface area contributed by atoms with E-state index < -0.39 is 10.0 Å². The third-order valence-electron chi connectivity index (χ3n) is 3.40. The standard InChI is InChI=1S/C16H22N2O2S/c1-4-18(11-12(2)3)21(19,20)16-7-5-6-13-10-14(17)8-9-15(13)16/h5-10,12H,4,11,17H2,1-3H3. The van der Waals surface area contributed by atoms with Gasteiger partial charge in [0, 0.05) is 24.2 Å². The van der Waals surface area contributed by atoms with E-state index in [1.165, 1.54) is 4.31 Å². The first-order chi connectivity index (χ1) is 9.86. The van der Waals surface area contributed by atoms with Gasteiger partial charge in [0.15, 0.2) is 0 Å². The average Bonchev–Trinajstić information content (AvgIpc) is 2.43. The van der Waals surface area contributed by atoms with Crippen molar-refractivity contribution in [3.63, 3.8) is 0 Å². The molecule has 0 heterocycles. The summed E-state index contributed by atoms with van der Waals surface area (Å²) >= 11 is 0. The number of nitrogen functional groups attached to an aromatic ring is 1. The molecule has 0 aliphatic heterocycles. The Kier molecular flexibility index (Phi) is 4.54. The lowest BCUT2D eigenvalue weighted by molar-refractivity contribution is 0.381. The smallest absolute Gasteiger partial charge is 0.243 e. The highest BCUT2D eigenvalue weighted by atomic mass is 32.2. The van der Waals surface area contributed by atoms with Crippen LogP contribution in [0.1, 0.15) is 20.8 Å². The second-order valence-corrected chi connectivity index (χ2v) is 7.49. The van der Waals surface area contributed by atoms with Crippen LogP contribution in [-0.4, -0.2) is 25.8 Å². The van der Waals surface area contributed by atoms with E-state index >= 15 is 0 Å². The quantitative estimate of drug-likeness (QED) is 0.863. The summed E-state index contributed by atoms with van der Waals surface area (Å²) in [7, 11) is -3.49. The van der Waals surface area contributed by atoms with Crippen molar-refractivity contribution < 1.29 is 8.42 Å². The van der Waals surface area contributed by atoms with Gasteiger partial charge in [-0.25, -0.2) is 8.42 Å². The minimum Gasteiger partial charge on any atom is -0.399 e. The molecule has 0 saturated carbocycles. The molecule has 0 amide bonds. The van der Waals surface area contributed by atoms with Gasteiger partial charge in [0.05, 0.1) is 4.90 Å². The molecule has 0 aromatic heterocycles. The number of rotatable bonds is 5. The van der Waals surface area contributed by atoms with E-state index in [1.807, 2.05) is 26.8 Å². The van der Waals surface area contributed by atoms with E-state index in [2.05, 4.69) is 0 Å². The molecule has 114 valence electrons. The molecule has 2 rings (SSSR count). The molecule has 0 aliphatic rings. The van der Waals surface area contributed by atoms with E-state index in [4.69, 9.17) is 5.73 Å². The molecule has 0 aliphatic carbocycles. The lowest BCUT2D eigenvalue weighted by Gasteiger charge is -2.23. The van der Waals surface area contributed by atoms with Gasteiger partial charge >= 0.3 is 0 Å².